The van der Waals surface area contributed by atoms with Crippen LogP contribution in [0.2, 0.25) is 0 Å². The van der Waals surface area contributed by atoms with Crippen LogP contribution in [0.15, 0.2) is 188 Å². The summed E-state index contributed by atoms with van der Waals surface area (Å²) in [7, 11) is 0. The minimum Gasteiger partial charge on any atom is -0.309 e. The average molecular weight is 756 g/mol. The maximum absolute atomic E-state index is 5.25. The van der Waals surface area contributed by atoms with E-state index in [4.69, 9.17) is 15.0 Å². The van der Waals surface area contributed by atoms with Crippen molar-refractivity contribution in [1.82, 2.24) is 24.1 Å². The van der Waals surface area contributed by atoms with Gasteiger partial charge in [0.25, 0.3) is 0 Å². The summed E-state index contributed by atoms with van der Waals surface area (Å²) in [6, 6.07) is 66.7. The molecule has 0 bridgehead atoms. The van der Waals surface area contributed by atoms with Gasteiger partial charge in [-0.15, -0.1) is 0 Å². The molecule has 0 unspecified atom stereocenters. The third-order valence-corrected chi connectivity index (χ3v) is 12.3. The van der Waals surface area contributed by atoms with E-state index in [-0.39, 0.29) is 5.41 Å². The van der Waals surface area contributed by atoms with E-state index < -0.39 is 0 Å². The van der Waals surface area contributed by atoms with Crippen LogP contribution < -0.4 is 0 Å². The maximum atomic E-state index is 5.25. The number of hydrogen-bond acceptors (Lipinski definition) is 3. The molecule has 11 aromatic rings. The van der Waals surface area contributed by atoms with Gasteiger partial charge in [-0.05, 0) is 53.1 Å². The molecular weight excluding hydrogens is 719 g/mol. The molecule has 0 aliphatic heterocycles. The monoisotopic (exact) mass is 755 g/mol. The molecule has 0 saturated carbocycles. The second-order valence-corrected chi connectivity index (χ2v) is 16.0. The van der Waals surface area contributed by atoms with Crippen LogP contribution >= 0.6 is 0 Å². The Bertz CT molecular complexity index is 3390. The molecule has 1 aliphatic carbocycles. The zero-order valence-corrected chi connectivity index (χ0v) is 32.6. The molecule has 0 atom stereocenters. The Morgan fingerprint density at radius 1 is 0.407 bits per heavy atom. The van der Waals surface area contributed by atoms with Crippen molar-refractivity contribution in [2.45, 2.75) is 19.3 Å². The zero-order valence-electron chi connectivity index (χ0n) is 32.6. The molecule has 3 heterocycles. The van der Waals surface area contributed by atoms with Crippen molar-refractivity contribution < 1.29 is 0 Å². The second-order valence-electron chi connectivity index (χ2n) is 16.0. The van der Waals surface area contributed by atoms with E-state index >= 15 is 0 Å². The lowest BCUT2D eigenvalue weighted by molar-refractivity contribution is 0.667. The van der Waals surface area contributed by atoms with Gasteiger partial charge in [0, 0.05) is 54.9 Å². The molecule has 5 nitrogen and oxygen atoms in total. The Kier molecular flexibility index (Phi) is 7.20. The smallest absolute Gasteiger partial charge is 0.166 e. The molecule has 0 saturated heterocycles. The van der Waals surface area contributed by atoms with Crippen LogP contribution in [0.4, 0.5) is 0 Å². The molecule has 12 rings (SSSR count). The van der Waals surface area contributed by atoms with Gasteiger partial charge in [-0.2, -0.15) is 0 Å². The second kappa shape index (κ2) is 12.7. The molecule has 1 aliphatic rings. The van der Waals surface area contributed by atoms with Crippen molar-refractivity contribution >= 4 is 43.6 Å². The highest BCUT2D eigenvalue weighted by atomic mass is 15.1. The van der Waals surface area contributed by atoms with E-state index in [9.17, 15) is 0 Å². The molecular formula is C54H37N5. The van der Waals surface area contributed by atoms with Gasteiger partial charge in [0.15, 0.2) is 17.5 Å². The number of hydrogen-bond donors (Lipinski definition) is 0. The topological polar surface area (TPSA) is 48.5 Å². The molecule has 5 heteroatoms. The average Bonchev–Trinajstić information content (AvgIpc) is 3.90. The van der Waals surface area contributed by atoms with Crippen LogP contribution in [-0.2, 0) is 5.41 Å². The maximum Gasteiger partial charge on any atom is 0.166 e. The number of aromatic nitrogens is 5. The Morgan fingerprint density at radius 3 is 1.56 bits per heavy atom. The van der Waals surface area contributed by atoms with Crippen molar-refractivity contribution in [3.05, 3.63) is 199 Å². The van der Waals surface area contributed by atoms with Crippen LogP contribution in [0.1, 0.15) is 25.0 Å². The van der Waals surface area contributed by atoms with Crippen LogP contribution in [0.5, 0.6) is 0 Å². The van der Waals surface area contributed by atoms with Gasteiger partial charge in [0.05, 0.1) is 27.8 Å². The molecule has 0 fully saturated rings. The van der Waals surface area contributed by atoms with E-state index in [0.717, 1.165) is 33.6 Å². The largest absolute Gasteiger partial charge is 0.309 e. The number of nitrogens with zero attached hydrogens (tertiary/aromatic N) is 5. The zero-order chi connectivity index (χ0) is 39.2. The van der Waals surface area contributed by atoms with Crippen LogP contribution in [0.25, 0.3) is 100 Å². The number of benzene rings is 8. The fraction of sp³-hybridized carbons (Fsp3) is 0.0556. The predicted molar refractivity (Wildman–Crippen MR) is 242 cm³/mol. The summed E-state index contributed by atoms with van der Waals surface area (Å²) in [6.45, 7) is 4.80. The first-order valence-corrected chi connectivity index (χ1v) is 20.2. The quantitative estimate of drug-likeness (QED) is 0.176. The molecule has 0 amide bonds. The van der Waals surface area contributed by atoms with Crippen molar-refractivity contribution in [1.29, 1.82) is 0 Å². The highest BCUT2D eigenvalue weighted by Gasteiger charge is 2.41. The van der Waals surface area contributed by atoms with E-state index in [1.807, 2.05) is 36.4 Å². The highest BCUT2D eigenvalue weighted by molar-refractivity contribution is 6.31. The van der Waals surface area contributed by atoms with E-state index in [1.165, 1.54) is 60.3 Å². The highest BCUT2D eigenvalue weighted by Crippen LogP contribution is 2.58. The van der Waals surface area contributed by atoms with Crippen molar-refractivity contribution in [2.75, 3.05) is 0 Å². The summed E-state index contributed by atoms with van der Waals surface area (Å²) < 4.78 is 5.00. The first-order valence-electron chi connectivity index (χ1n) is 20.2. The fourth-order valence-electron chi connectivity index (χ4n) is 9.84. The van der Waals surface area contributed by atoms with Crippen LogP contribution in [-0.4, -0.2) is 24.1 Å². The Labute approximate surface area is 341 Å². The molecule has 0 N–H and O–H groups in total. The fourth-order valence-corrected chi connectivity index (χ4v) is 9.84. The van der Waals surface area contributed by atoms with Gasteiger partial charge in [-0.1, -0.05) is 166 Å². The molecule has 59 heavy (non-hydrogen) atoms. The number of rotatable bonds is 5. The summed E-state index contributed by atoms with van der Waals surface area (Å²) >= 11 is 0. The standard InChI is InChI=1S/C54H37N5/c1-54(2)41-30-16-12-26-37(41)45-48(54)46-38-27-13-18-32-43(38)59(50(46)47-39-28-14-17-31-42(39)58(49(45)47)36-24-10-5-11-25-36)44-33-19-15-29-40(44)53-56-51(34-20-6-3-7-21-34)55-52(57-53)35-22-8-4-9-23-35/h3-33H,1-2H3. The Balaban J connectivity index is 1.28. The molecule has 0 spiro atoms. The third-order valence-electron chi connectivity index (χ3n) is 12.3. The Morgan fingerprint density at radius 2 is 0.898 bits per heavy atom. The Hall–Kier alpha value is -7.63. The van der Waals surface area contributed by atoms with E-state index in [0.29, 0.717) is 17.5 Å². The van der Waals surface area contributed by atoms with Gasteiger partial charge in [-0.25, -0.2) is 15.0 Å². The lowest BCUT2D eigenvalue weighted by Crippen LogP contribution is -2.15. The van der Waals surface area contributed by atoms with Crippen molar-refractivity contribution in [2.24, 2.45) is 0 Å². The minimum atomic E-state index is -0.284. The van der Waals surface area contributed by atoms with Gasteiger partial charge < -0.3 is 9.13 Å². The molecule has 8 aromatic carbocycles. The first-order chi connectivity index (χ1) is 29.1. The van der Waals surface area contributed by atoms with Crippen LogP contribution in [0.3, 0.4) is 0 Å². The predicted octanol–water partition coefficient (Wildman–Crippen LogP) is 13.4. The molecule has 278 valence electrons. The van der Waals surface area contributed by atoms with Gasteiger partial charge in [0.2, 0.25) is 0 Å². The molecule has 0 radical (unpaired) electrons. The van der Waals surface area contributed by atoms with Gasteiger partial charge in [-0.3, -0.25) is 0 Å². The minimum absolute atomic E-state index is 0.284. The number of para-hydroxylation sites is 4. The van der Waals surface area contributed by atoms with Crippen LogP contribution in [0, 0.1) is 0 Å². The lowest BCUT2D eigenvalue weighted by Gasteiger charge is -2.23. The SMILES string of the molecule is CC1(C)c2ccccc2-c2c1c1c3ccccc3n(-c3ccccc3-c3nc(-c4ccccc4)nc(-c4ccccc4)n3)c1c1c3ccccc3n(-c3ccccc3)c21. The van der Waals surface area contributed by atoms with Crippen molar-refractivity contribution in [3.8, 4) is 56.7 Å². The van der Waals surface area contributed by atoms with Gasteiger partial charge >= 0.3 is 0 Å². The summed E-state index contributed by atoms with van der Waals surface area (Å²) in [5.74, 6) is 1.89. The van der Waals surface area contributed by atoms with E-state index in [1.54, 1.807) is 0 Å². The normalized spacial score (nSPS) is 13.1. The molecule has 3 aromatic heterocycles. The van der Waals surface area contributed by atoms with Gasteiger partial charge in [0.1, 0.15) is 0 Å². The number of fused-ring (bicyclic) bond motifs is 12. The van der Waals surface area contributed by atoms with Crippen molar-refractivity contribution in [3.63, 3.8) is 0 Å². The summed E-state index contributed by atoms with van der Waals surface area (Å²) in [5, 5.41) is 4.93. The summed E-state index contributed by atoms with van der Waals surface area (Å²) in [6.07, 6.45) is 0. The third kappa shape index (κ3) is 4.82. The lowest BCUT2D eigenvalue weighted by atomic mass is 9.80. The first kappa shape index (κ1) is 33.5. The van der Waals surface area contributed by atoms with E-state index in [2.05, 4.69) is 175 Å². The summed E-state index contributed by atoms with van der Waals surface area (Å²) in [4.78, 5) is 15.6. The summed E-state index contributed by atoms with van der Waals surface area (Å²) in [5.41, 5.74) is 14.7.